The molecule has 1 unspecified atom stereocenters. The molecule has 3 N–H and O–H groups in total. The molecule has 0 aliphatic heterocycles. The van der Waals surface area contributed by atoms with Gasteiger partial charge in [-0.2, -0.15) is 0 Å². The largest absolute Gasteiger partial charge is 0.383 e. The van der Waals surface area contributed by atoms with Crippen LogP contribution >= 0.6 is 43.2 Å². The molecule has 13 heavy (non-hydrogen) atoms. The molecule has 0 aliphatic carbocycles. The van der Waals surface area contributed by atoms with Gasteiger partial charge in [0.15, 0.2) is 0 Å². The Labute approximate surface area is 97.9 Å². The Morgan fingerprint density at radius 3 is 2.77 bits per heavy atom. The van der Waals surface area contributed by atoms with E-state index in [1.807, 2.05) is 6.07 Å². The second-order valence-corrected chi connectivity index (χ2v) is 6.20. The summed E-state index contributed by atoms with van der Waals surface area (Å²) in [6.45, 7) is 0.554. The average molecular weight is 330 g/mol. The lowest BCUT2D eigenvalue weighted by Crippen LogP contribution is -2.30. The number of hydrogen-bond donors (Lipinski definition) is 2. The summed E-state index contributed by atoms with van der Waals surface area (Å²) in [5.74, 6) is 5.41. The highest BCUT2D eigenvalue weighted by Gasteiger charge is 2.15. The van der Waals surface area contributed by atoms with Gasteiger partial charge in [-0.3, -0.25) is 11.3 Å². The van der Waals surface area contributed by atoms with E-state index in [9.17, 15) is 0 Å². The number of methoxy groups -OCH3 is 1. The number of hydrazine groups is 1. The van der Waals surface area contributed by atoms with Crippen LogP contribution in [0.5, 0.6) is 0 Å². The van der Waals surface area contributed by atoms with Crippen LogP contribution in [-0.4, -0.2) is 13.7 Å². The number of rotatable bonds is 4. The molecule has 0 aliphatic rings. The molecule has 3 nitrogen and oxygen atoms in total. The van der Waals surface area contributed by atoms with Gasteiger partial charge in [-0.25, -0.2) is 0 Å². The third-order valence-electron chi connectivity index (χ3n) is 1.59. The maximum absolute atomic E-state index is 5.41. The highest BCUT2D eigenvalue weighted by atomic mass is 79.9. The molecule has 0 spiro atoms. The Morgan fingerprint density at radius 1 is 1.69 bits per heavy atom. The molecule has 74 valence electrons. The van der Waals surface area contributed by atoms with Crippen molar-refractivity contribution in [2.45, 2.75) is 6.04 Å². The highest BCUT2D eigenvalue weighted by molar-refractivity contribution is 9.12. The molecule has 0 bridgehead atoms. The topological polar surface area (TPSA) is 47.3 Å². The summed E-state index contributed by atoms with van der Waals surface area (Å²) in [6.07, 6.45) is 0. The van der Waals surface area contributed by atoms with E-state index in [1.54, 1.807) is 18.4 Å². The molecule has 0 amide bonds. The van der Waals surface area contributed by atoms with E-state index in [1.165, 1.54) is 0 Å². The third kappa shape index (κ3) is 3.00. The van der Waals surface area contributed by atoms with E-state index in [0.29, 0.717) is 6.61 Å². The van der Waals surface area contributed by atoms with Gasteiger partial charge in [0.25, 0.3) is 0 Å². The lowest BCUT2D eigenvalue weighted by molar-refractivity contribution is 0.167. The number of halogens is 2. The molecule has 0 radical (unpaired) electrons. The summed E-state index contributed by atoms with van der Waals surface area (Å²) in [4.78, 5) is 0. The van der Waals surface area contributed by atoms with Crippen LogP contribution in [0.25, 0.3) is 0 Å². The van der Waals surface area contributed by atoms with Crippen LogP contribution < -0.4 is 11.3 Å². The molecular formula is C7H10Br2N2OS. The quantitative estimate of drug-likeness (QED) is 0.658. The second kappa shape index (κ2) is 5.43. The van der Waals surface area contributed by atoms with Gasteiger partial charge in [-0.05, 0) is 43.5 Å². The molecule has 1 atom stereocenters. The van der Waals surface area contributed by atoms with Crippen LogP contribution in [0.1, 0.15) is 11.6 Å². The van der Waals surface area contributed by atoms with Gasteiger partial charge in [0.05, 0.1) is 20.2 Å². The van der Waals surface area contributed by atoms with Gasteiger partial charge in [-0.15, -0.1) is 11.3 Å². The van der Waals surface area contributed by atoms with Gasteiger partial charge in [0, 0.05) is 7.11 Å². The van der Waals surface area contributed by atoms with Crippen LogP contribution in [0.2, 0.25) is 0 Å². The van der Waals surface area contributed by atoms with Crippen LogP contribution in [-0.2, 0) is 4.74 Å². The first-order valence-electron chi connectivity index (χ1n) is 3.58. The average Bonchev–Trinajstić information content (AvgIpc) is 2.41. The smallest absolute Gasteiger partial charge is 0.0759 e. The number of thiophene rings is 1. The Morgan fingerprint density at radius 2 is 2.38 bits per heavy atom. The van der Waals surface area contributed by atoms with Crippen molar-refractivity contribution in [3.8, 4) is 0 Å². The SMILES string of the molecule is COCC(NN)c1cc(Br)sc1Br. The van der Waals surface area contributed by atoms with E-state index in [4.69, 9.17) is 10.6 Å². The zero-order valence-electron chi connectivity index (χ0n) is 7.01. The van der Waals surface area contributed by atoms with Gasteiger partial charge < -0.3 is 4.74 Å². The predicted molar refractivity (Wildman–Crippen MR) is 61.7 cm³/mol. The van der Waals surface area contributed by atoms with E-state index in [2.05, 4.69) is 37.3 Å². The van der Waals surface area contributed by atoms with Crippen LogP contribution in [0, 0.1) is 0 Å². The standard InChI is InChI=1S/C7H10Br2N2OS/c1-12-3-5(11-10)4-2-6(8)13-7(4)9/h2,5,11H,3,10H2,1H3. The van der Waals surface area contributed by atoms with Crippen LogP contribution in [0.4, 0.5) is 0 Å². The third-order valence-corrected chi connectivity index (χ3v) is 3.98. The molecule has 1 heterocycles. The summed E-state index contributed by atoms with van der Waals surface area (Å²) >= 11 is 8.50. The number of nitrogens with one attached hydrogen (secondary N) is 1. The number of ether oxygens (including phenoxy) is 1. The normalized spacial score (nSPS) is 13.2. The molecule has 0 fully saturated rings. The van der Waals surface area contributed by atoms with Crippen molar-refractivity contribution >= 4 is 43.2 Å². The highest BCUT2D eigenvalue weighted by Crippen LogP contribution is 2.35. The van der Waals surface area contributed by atoms with Gasteiger partial charge in [0.1, 0.15) is 0 Å². The number of hydrogen-bond acceptors (Lipinski definition) is 4. The summed E-state index contributed by atoms with van der Waals surface area (Å²) < 4.78 is 7.18. The van der Waals surface area contributed by atoms with E-state index >= 15 is 0 Å². The first-order chi connectivity index (χ1) is 6.19. The van der Waals surface area contributed by atoms with Crippen molar-refractivity contribution in [1.29, 1.82) is 0 Å². The minimum atomic E-state index is 0.0296. The summed E-state index contributed by atoms with van der Waals surface area (Å²) in [5, 5.41) is 0. The molecule has 6 heteroatoms. The molecule has 1 aromatic rings. The lowest BCUT2D eigenvalue weighted by atomic mass is 10.2. The lowest BCUT2D eigenvalue weighted by Gasteiger charge is -2.13. The van der Waals surface area contributed by atoms with Crippen molar-refractivity contribution in [2.75, 3.05) is 13.7 Å². The summed E-state index contributed by atoms with van der Waals surface area (Å²) in [6, 6.07) is 2.06. The van der Waals surface area contributed by atoms with Crippen molar-refractivity contribution in [3.63, 3.8) is 0 Å². The van der Waals surface area contributed by atoms with Gasteiger partial charge in [0.2, 0.25) is 0 Å². The zero-order valence-corrected chi connectivity index (χ0v) is 11.0. The first-order valence-corrected chi connectivity index (χ1v) is 5.99. The fourth-order valence-electron chi connectivity index (χ4n) is 0.985. The molecule has 1 rings (SSSR count). The molecular weight excluding hydrogens is 320 g/mol. The maximum Gasteiger partial charge on any atom is 0.0759 e. The predicted octanol–water partition coefficient (Wildman–Crippen LogP) is 2.42. The van der Waals surface area contributed by atoms with E-state index < -0.39 is 0 Å². The van der Waals surface area contributed by atoms with Crippen LogP contribution in [0.3, 0.4) is 0 Å². The molecule has 1 aromatic heterocycles. The van der Waals surface area contributed by atoms with Crippen molar-refractivity contribution in [3.05, 3.63) is 19.2 Å². The maximum atomic E-state index is 5.41. The molecule has 0 saturated carbocycles. The van der Waals surface area contributed by atoms with E-state index in [-0.39, 0.29) is 6.04 Å². The van der Waals surface area contributed by atoms with Crippen molar-refractivity contribution in [1.82, 2.24) is 5.43 Å². The Balaban J connectivity index is 2.83. The Hall–Kier alpha value is 0.540. The van der Waals surface area contributed by atoms with Crippen molar-refractivity contribution < 1.29 is 4.74 Å². The molecule has 0 saturated heterocycles. The monoisotopic (exact) mass is 328 g/mol. The zero-order chi connectivity index (χ0) is 9.84. The van der Waals surface area contributed by atoms with E-state index in [0.717, 1.165) is 13.1 Å². The minimum absolute atomic E-state index is 0.0296. The van der Waals surface area contributed by atoms with Gasteiger partial charge >= 0.3 is 0 Å². The Kier molecular flexibility index (Phi) is 4.85. The summed E-state index contributed by atoms with van der Waals surface area (Å²) in [7, 11) is 1.65. The number of nitrogens with two attached hydrogens (primary N) is 1. The van der Waals surface area contributed by atoms with Gasteiger partial charge in [-0.1, -0.05) is 0 Å². The van der Waals surface area contributed by atoms with Crippen molar-refractivity contribution in [2.24, 2.45) is 5.84 Å². The fourth-order valence-corrected chi connectivity index (χ4v) is 3.96. The minimum Gasteiger partial charge on any atom is -0.383 e. The molecule has 0 aromatic carbocycles. The summed E-state index contributed by atoms with van der Waals surface area (Å²) in [5.41, 5.74) is 3.82. The Bertz CT molecular complexity index is 279. The second-order valence-electron chi connectivity index (χ2n) is 2.45. The first kappa shape index (κ1) is 11.6. The van der Waals surface area contributed by atoms with Crippen LogP contribution in [0.15, 0.2) is 13.6 Å². The fraction of sp³-hybridized carbons (Fsp3) is 0.429.